The molecule has 2 aliphatic rings. The quantitative estimate of drug-likeness (QED) is 0.768. The van der Waals surface area contributed by atoms with Crippen LogP contribution in [0.25, 0.3) is 0 Å². The number of hydrogen-bond acceptors (Lipinski definition) is 5. The lowest BCUT2D eigenvalue weighted by atomic mass is 9.84. The van der Waals surface area contributed by atoms with E-state index in [0.29, 0.717) is 13.2 Å². The first-order valence-electron chi connectivity index (χ1n) is 7.43. The summed E-state index contributed by atoms with van der Waals surface area (Å²) in [5.41, 5.74) is -0.473. The van der Waals surface area contributed by atoms with Crippen LogP contribution in [0.5, 0.6) is 0 Å². The fraction of sp³-hybridized carbons (Fsp3) is 0.929. The van der Waals surface area contributed by atoms with Crippen LogP contribution in [0, 0.1) is 0 Å². The number of nitrogens with one attached hydrogen (secondary N) is 1. The number of rotatable bonds is 3. The van der Waals surface area contributed by atoms with E-state index in [1.807, 2.05) is 13.8 Å². The average Bonchev–Trinajstić information content (AvgIpc) is 2.68. The molecule has 2 rings (SSSR count). The summed E-state index contributed by atoms with van der Waals surface area (Å²) in [4.78, 5) is 14.9. The first-order valence-corrected chi connectivity index (χ1v) is 7.43. The van der Waals surface area contributed by atoms with Gasteiger partial charge >= 0.3 is 5.97 Å². The van der Waals surface area contributed by atoms with Crippen molar-refractivity contribution in [2.75, 3.05) is 39.4 Å². The van der Waals surface area contributed by atoms with E-state index >= 15 is 0 Å². The Morgan fingerprint density at radius 1 is 1.47 bits per heavy atom. The molecule has 2 unspecified atom stereocenters. The van der Waals surface area contributed by atoms with E-state index < -0.39 is 5.54 Å². The van der Waals surface area contributed by atoms with Crippen LogP contribution in [-0.2, 0) is 14.3 Å². The Kier molecular flexibility index (Phi) is 5.19. The van der Waals surface area contributed by atoms with Crippen molar-refractivity contribution in [3.05, 3.63) is 0 Å². The monoisotopic (exact) mass is 270 g/mol. The van der Waals surface area contributed by atoms with Crippen LogP contribution in [0.15, 0.2) is 0 Å². The van der Waals surface area contributed by atoms with Crippen molar-refractivity contribution in [3.8, 4) is 0 Å². The predicted molar refractivity (Wildman–Crippen MR) is 73.1 cm³/mol. The minimum Gasteiger partial charge on any atom is -0.465 e. The van der Waals surface area contributed by atoms with Crippen molar-refractivity contribution >= 4 is 5.97 Å². The van der Waals surface area contributed by atoms with Gasteiger partial charge in [0.25, 0.3) is 0 Å². The fourth-order valence-electron chi connectivity index (χ4n) is 3.21. The molecule has 0 aromatic heterocycles. The van der Waals surface area contributed by atoms with Crippen LogP contribution in [0.3, 0.4) is 0 Å². The lowest BCUT2D eigenvalue weighted by molar-refractivity contribution is -0.168. The summed E-state index contributed by atoms with van der Waals surface area (Å²) in [6.07, 6.45) is 2.69. The Morgan fingerprint density at radius 3 is 3.05 bits per heavy atom. The zero-order valence-corrected chi connectivity index (χ0v) is 12.1. The normalized spacial score (nSPS) is 33.7. The van der Waals surface area contributed by atoms with Gasteiger partial charge in [-0.15, -0.1) is 0 Å². The molecule has 0 aromatic rings. The highest BCUT2D eigenvalue weighted by molar-refractivity contribution is 5.81. The number of carbonyl (C=O) groups excluding carboxylic acids is 1. The molecule has 0 bridgehead atoms. The molecule has 2 fully saturated rings. The Hall–Kier alpha value is -0.650. The third kappa shape index (κ3) is 3.27. The Balaban J connectivity index is 2.18. The van der Waals surface area contributed by atoms with E-state index in [-0.39, 0.29) is 12.1 Å². The Morgan fingerprint density at radius 2 is 2.32 bits per heavy atom. The summed E-state index contributed by atoms with van der Waals surface area (Å²) >= 11 is 0. The first-order chi connectivity index (χ1) is 9.19. The van der Waals surface area contributed by atoms with Gasteiger partial charge in [-0.25, -0.2) is 0 Å². The molecule has 0 radical (unpaired) electrons. The molecule has 110 valence electrons. The molecular weight excluding hydrogens is 244 g/mol. The maximum atomic E-state index is 12.5. The van der Waals surface area contributed by atoms with E-state index in [0.717, 1.165) is 45.4 Å². The summed E-state index contributed by atoms with van der Waals surface area (Å²) in [6, 6.07) is 0. The minimum atomic E-state index is -0.473. The Labute approximate surface area is 115 Å². The number of esters is 1. The van der Waals surface area contributed by atoms with Crippen molar-refractivity contribution in [3.63, 3.8) is 0 Å². The second kappa shape index (κ2) is 6.68. The predicted octanol–water partition coefficient (Wildman–Crippen LogP) is 0.783. The van der Waals surface area contributed by atoms with Crippen LogP contribution in [0.1, 0.15) is 33.1 Å². The number of ether oxygens (including phenoxy) is 2. The first kappa shape index (κ1) is 14.8. The lowest BCUT2D eigenvalue weighted by Gasteiger charge is -2.45. The molecule has 1 N–H and O–H groups in total. The highest BCUT2D eigenvalue weighted by Crippen LogP contribution is 2.33. The molecule has 5 nitrogen and oxygen atoms in total. The summed E-state index contributed by atoms with van der Waals surface area (Å²) in [7, 11) is 0. The van der Waals surface area contributed by atoms with Gasteiger partial charge in [0.05, 0.1) is 12.7 Å². The SMILES string of the molecule is CCOC(=O)C1(N2CCCNCC2)CCOC(C)C1. The minimum absolute atomic E-state index is 0.0629. The summed E-state index contributed by atoms with van der Waals surface area (Å²) in [5, 5.41) is 3.39. The molecule has 2 atom stereocenters. The van der Waals surface area contributed by atoms with E-state index in [9.17, 15) is 4.79 Å². The molecule has 0 aromatic carbocycles. The van der Waals surface area contributed by atoms with Gasteiger partial charge in [-0.3, -0.25) is 9.69 Å². The standard InChI is InChI=1S/C14H26N2O3/c1-3-18-13(17)14(5-10-19-12(2)11-14)16-8-4-6-15-7-9-16/h12,15H,3-11H2,1-2H3. The van der Waals surface area contributed by atoms with Crippen molar-refractivity contribution in [1.82, 2.24) is 10.2 Å². The molecule has 0 aliphatic carbocycles. The molecule has 2 heterocycles. The molecular formula is C14H26N2O3. The number of carbonyl (C=O) groups is 1. The highest BCUT2D eigenvalue weighted by atomic mass is 16.5. The van der Waals surface area contributed by atoms with Gasteiger partial charge < -0.3 is 14.8 Å². The van der Waals surface area contributed by atoms with E-state index in [4.69, 9.17) is 9.47 Å². The largest absolute Gasteiger partial charge is 0.465 e. The molecule has 2 aliphatic heterocycles. The molecule has 2 saturated heterocycles. The van der Waals surface area contributed by atoms with E-state index in [1.54, 1.807) is 0 Å². The lowest BCUT2D eigenvalue weighted by Crippen LogP contribution is -2.60. The van der Waals surface area contributed by atoms with E-state index in [2.05, 4.69) is 10.2 Å². The van der Waals surface area contributed by atoms with Crippen LogP contribution in [0.2, 0.25) is 0 Å². The van der Waals surface area contributed by atoms with Crippen LogP contribution >= 0.6 is 0 Å². The molecule has 19 heavy (non-hydrogen) atoms. The second-order valence-electron chi connectivity index (χ2n) is 5.48. The van der Waals surface area contributed by atoms with E-state index in [1.165, 1.54) is 0 Å². The van der Waals surface area contributed by atoms with Crippen molar-refractivity contribution in [1.29, 1.82) is 0 Å². The van der Waals surface area contributed by atoms with Gasteiger partial charge in [0, 0.05) is 32.7 Å². The van der Waals surface area contributed by atoms with Crippen molar-refractivity contribution in [2.45, 2.75) is 44.8 Å². The number of nitrogens with zero attached hydrogens (tertiary/aromatic N) is 1. The maximum Gasteiger partial charge on any atom is 0.326 e. The van der Waals surface area contributed by atoms with Crippen molar-refractivity contribution in [2.24, 2.45) is 0 Å². The second-order valence-corrected chi connectivity index (χ2v) is 5.48. The van der Waals surface area contributed by atoms with Crippen molar-refractivity contribution < 1.29 is 14.3 Å². The van der Waals surface area contributed by atoms with Gasteiger partial charge in [0.1, 0.15) is 5.54 Å². The van der Waals surface area contributed by atoms with Gasteiger partial charge in [-0.05, 0) is 33.2 Å². The van der Waals surface area contributed by atoms with Gasteiger partial charge in [-0.2, -0.15) is 0 Å². The maximum absolute atomic E-state index is 12.5. The van der Waals surface area contributed by atoms with Gasteiger partial charge in [-0.1, -0.05) is 0 Å². The molecule has 0 saturated carbocycles. The fourth-order valence-corrected chi connectivity index (χ4v) is 3.21. The zero-order chi connectivity index (χ0) is 13.7. The van der Waals surface area contributed by atoms with Gasteiger partial charge in [0.2, 0.25) is 0 Å². The van der Waals surface area contributed by atoms with Crippen LogP contribution < -0.4 is 5.32 Å². The molecule has 5 heteroatoms. The average molecular weight is 270 g/mol. The number of hydrogen-bond donors (Lipinski definition) is 1. The molecule has 0 amide bonds. The zero-order valence-electron chi connectivity index (χ0n) is 12.1. The summed E-state index contributed by atoms with van der Waals surface area (Å²) < 4.78 is 11.0. The third-order valence-electron chi connectivity index (χ3n) is 4.14. The summed E-state index contributed by atoms with van der Waals surface area (Å²) in [5.74, 6) is -0.0629. The molecule has 0 spiro atoms. The summed E-state index contributed by atoms with van der Waals surface area (Å²) in [6.45, 7) is 8.84. The highest BCUT2D eigenvalue weighted by Gasteiger charge is 2.48. The Bertz CT molecular complexity index is 303. The van der Waals surface area contributed by atoms with Crippen LogP contribution in [-0.4, -0.2) is 61.9 Å². The van der Waals surface area contributed by atoms with Crippen LogP contribution in [0.4, 0.5) is 0 Å². The van der Waals surface area contributed by atoms with Gasteiger partial charge in [0.15, 0.2) is 0 Å². The topological polar surface area (TPSA) is 50.8 Å². The third-order valence-corrected chi connectivity index (χ3v) is 4.14. The smallest absolute Gasteiger partial charge is 0.326 e.